The van der Waals surface area contributed by atoms with Crippen LogP contribution < -0.4 is 10.2 Å². The van der Waals surface area contributed by atoms with Crippen molar-refractivity contribution in [1.82, 2.24) is 10.3 Å². The quantitative estimate of drug-likeness (QED) is 0.771. The Balaban J connectivity index is 1.81. The Bertz CT molecular complexity index is 932. The van der Waals surface area contributed by atoms with E-state index < -0.39 is 0 Å². The van der Waals surface area contributed by atoms with Crippen LogP contribution in [0.5, 0.6) is 0 Å². The highest BCUT2D eigenvalue weighted by molar-refractivity contribution is 7.15. The lowest BCUT2D eigenvalue weighted by Crippen LogP contribution is -2.27. The lowest BCUT2D eigenvalue weighted by atomic mass is 10.1. The van der Waals surface area contributed by atoms with E-state index >= 15 is 0 Å². The number of benzene rings is 1. The van der Waals surface area contributed by atoms with Crippen LogP contribution in [0, 0.1) is 6.92 Å². The van der Waals surface area contributed by atoms with Crippen LogP contribution in [0.1, 0.15) is 17.4 Å². The molecule has 1 aromatic carbocycles. The van der Waals surface area contributed by atoms with E-state index in [4.69, 9.17) is 4.98 Å². The molecule has 5 heteroatoms. The van der Waals surface area contributed by atoms with E-state index in [2.05, 4.69) is 43.4 Å². The molecular weight excluding hydrogens is 318 g/mol. The van der Waals surface area contributed by atoms with E-state index in [0.29, 0.717) is 13.1 Å². The Kier molecular flexibility index (Phi) is 3.73. The molecule has 24 heavy (non-hydrogen) atoms. The Morgan fingerprint density at radius 3 is 2.83 bits per heavy atom. The first-order valence-corrected chi connectivity index (χ1v) is 9.03. The minimum Gasteiger partial charge on any atom is -0.336 e. The molecular formula is C19H19N3OS. The third kappa shape index (κ3) is 2.55. The van der Waals surface area contributed by atoms with Gasteiger partial charge in [0.1, 0.15) is 0 Å². The topological polar surface area (TPSA) is 45.2 Å². The molecule has 0 unspecified atom stereocenters. The van der Waals surface area contributed by atoms with Crippen molar-refractivity contribution >= 4 is 34.0 Å². The van der Waals surface area contributed by atoms with Crippen LogP contribution in [0.3, 0.4) is 0 Å². The van der Waals surface area contributed by atoms with Gasteiger partial charge in [0.2, 0.25) is 0 Å². The smallest absolute Gasteiger partial charge is 0.321 e. The number of aromatic nitrogens is 1. The Labute approximate surface area is 145 Å². The minimum atomic E-state index is -0.0342. The number of pyridine rings is 1. The lowest BCUT2D eigenvalue weighted by molar-refractivity contribution is 0.252. The molecule has 4 rings (SSSR count). The molecule has 0 aliphatic carbocycles. The van der Waals surface area contributed by atoms with Crippen LogP contribution in [0.15, 0.2) is 36.4 Å². The van der Waals surface area contributed by atoms with Crippen molar-refractivity contribution in [3.63, 3.8) is 0 Å². The maximum Gasteiger partial charge on any atom is 0.321 e. The summed E-state index contributed by atoms with van der Waals surface area (Å²) < 4.78 is 0. The van der Waals surface area contributed by atoms with Crippen LogP contribution in [0.25, 0.3) is 21.5 Å². The molecule has 3 aromatic rings. The first-order chi connectivity index (χ1) is 11.7. The largest absolute Gasteiger partial charge is 0.336 e. The summed E-state index contributed by atoms with van der Waals surface area (Å²) in [7, 11) is 0. The maximum atomic E-state index is 11.9. The fourth-order valence-electron chi connectivity index (χ4n) is 3.11. The first-order valence-electron chi connectivity index (χ1n) is 8.21. The number of hydrogen-bond donors (Lipinski definition) is 1. The Hall–Kier alpha value is -2.40. The molecule has 0 spiro atoms. The van der Waals surface area contributed by atoms with Crippen LogP contribution in [0.2, 0.25) is 0 Å². The number of amides is 2. The number of thiophene rings is 1. The maximum absolute atomic E-state index is 11.9. The van der Waals surface area contributed by atoms with E-state index in [1.807, 2.05) is 12.1 Å². The third-order valence-corrected chi connectivity index (χ3v) is 5.68. The Morgan fingerprint density at radius 2 is 2.12 bits per heavy atom. The fraction of sp³-hybridized carbons (Fsp3) is 0.263. The highest BCUT2D eigenvalue weighted by Gasteiger charge is 2.21. The van der Waals surface area contributed by atoms with Gasteiger partial charge in [-0.15, -0.1) is 11.3 Å². The number of urea groups is 1. The van der Waals surface area contributed by atoms with Gasteiger partial charge >= 0.3 is 6.03 Å². The molecule has 0 saturated carbocycles. The molecule has 0 radical (unpaired) electrons. The number of aryl methyl sites for hydroxylation is 2. The summed E-state index contributed by atoms with van der Waals surface area (Å²) in [6.07, 6.45) is 1.05. The summed E-state index contributed by atoms with van der Waals surface area (Å²) in [6.45, 7) is 5.68. The van der Waals surface area contributed by atoms with Crippen molar-refractivity contribution in [1.29, 1.82) is 0 Å². The first kappa shape index (κ1) is 15.1. The minimum absolute atomic E-state index is 0.0342. The monoisotopic (exact) mass is 337 g/mol. The van der Waals surface area contributed by atoms with Gasteiger partial charge in [-0.05, 0) is 49.2 Å². The molecule has 1 aliphatic heterocycles. The van der Waals surface area contributed by atoms with E-state index in [1.54, 1.807) is 16.2 Å². The number of fused-ring (bicyclic) bond motifs is 1. The van der Waals surface area contributed by atoms with Gasteiger partial charge in [-0.3, -0.25) is 4.90 Å². The van der Waals surface area contributed by atoms with Crippen LogP contribution in [-0.2, 0) is 6.42 Å². The van der Waals surface area contributed by atoms with Gasteiger partial charge in [0, 0.05) is 29.0 Å². The number of nitrogens with zero attached hydrogens (tertiary/aromatic N) is 2. The second kappa shape index (κ2) is 5.91. The normalized spacial score (nSPS) is 14.4. The van der Waals surface area contributed by atoms with Gasteiger partial charge in [0.25, 0.3) is 0 Å². The molecule has 0 atom stereocenters. The van der Waals surface area contributed by atoms with Gasteiger partial charge in [-0.25, -0.2) is 9.78 Å². The molecule has 0 bridgehead atoms. The van der Waals surface area contributed by atoms with Crippen LogP contribution in [-0.4, -0.2) is 24.1 Å². The molecule has 1 N–H and O–H groups in total. The number of carbonyl (C=O) groups is 1. The van der Waals surface area contributed by atoms with Gasteiger partial charge in [-0.2, -0.15) is 0 Å². The molecule has 4 nitrogen and oxygen atoms in total. The average molecular weight is 337 g/mol. The highest BCUT2D eigenvalue weighted by Crippen LogP contribution is 2.31. The van der Waals surface area contributed by atoms with Crippen molar-refractivity contribution in [2.45, 2.75) is 20.3 Å². The molecule has 1 fully saturated rings. The summed E-state index contributed by atoms with van der Waals surface area (Å²) in [5.74, 6) is 0. The van der Waals surface area contributed by atoms with Gasteiger partial charge in [0.15, 0.2) is 0 Å². The highest BCUT2D eigenvalue weighted by atomic mass is 32.1. The zero-order chi connectivity index (χ0) is 16.7. The van der Waals surface area contributed by atoms with Crippen molar-refractivity contribution in [2.24, 2.45) is 0 Å². The number of rotatable bonds is 3. The summed E-state index contributed by atoms with van der Waals surface area (Å²) in [5, 5.41) is 3.98. The number of nitrogens with one attached hydrogen (secondary N) is 1. The summed E-state index contributed by atoms with van der Waals surface area (Å²) in [4.78, 5) is 21.1. The lowest BCUT2D eigenvalue weighted by Gasteiger charge is -2.15. The van der Waals surface area contributed by atoms with Crippen LogP contribution in [0.4, 0.5) is 10.5 Å². The number of anilines is 1. The second-order valence-corrected chi connectivity index (χ2v) is 7.20. The molecule has 2 amide bonds. The van der Waals surface area contributed by atoms with Gasteiger partial charge in [-0.1, -0.05) is 13.0 Å². The zero-order valence-corrected chi connectivity index (χ0v) is 14.6. The van der Waals surface area contributed by atoms with Gasteiger partial charge < -0.3 is 5.32 Å². The van der Waals surface area contributed by atoms with Crippen molar-refractivity contribution in [2.75, 3.05) is 18.0 Å². The summed E-state index contributed by atoms with van der Waals surface area (Å²) in [6, 6.07) is 12.5. The van der Waals surface area contributed by atoms with E-state index in [9.17, 15) is 4.79 Å². The molecule has 2 aromatic heterocycles. The predicted octanol–water partition coefficient (Wildman–Crippen LogP) is 4.36. The molecule has 122 valence electrons. The summed E-state index contributed by atoms with van der Waals surface area (Å²) >= 11 is 1.80. The van der Waals surface area contributed by atoms with E-state index in [0.717, 1.165) is 28.7 Å². The van der Waals surface area contributed by atoms with Crippen molar-refractivity contribution < 1.29 is 4.79 Å². The molecule has 3 heterocycles. The SMILES string of the molecule is CCc1ccc(-c2cc(C)c3ccc(N4CCNC4=O)cc3n2)s1. The van der Waals surface area contributed by atoms with Crippen LogP contribution >= 0.6 is 11.3 Å². The second-order valence-electron chi connectivity index (χ2n) is 6.03. The third-order valence-electron chi connectivity index (χ3n) is 4.43. The van der Waals surface area contributed by atoms with E-state index in [1.165, 1.54) is 15.3 Å². The average Bonchev–Trinajstić information content (AvgIpc) is 3.23. The van der Waals surface area contributed by atoms with E-state index in [-0.39, 0.29) is 6.03 Å². The van der Waals surface area contributed by atoms with Crippen molar-refractivity contribution in [3.05, 3.63) is 46.8 Å². The standard InChI is InChI=1S/C19H19N3OS/c1-3-14-5-7-18(24-14)17-10-12(2)15-6-4-13(11-16(15)21-17)22-9-8-20-19(22)23/h4-7,10-11H,3,8-9H2,1-2H3,(H,20,23). The Morgan fingerprint density at radius 1 is 1.25 bits per heavy atom. The number of carbonyl (C=O) groups excluding carboxylic acids is 1. The van der Waals surface area contributed by atoms with Gasteiger partial charge in [0.05, 0.1) is 16.1 Å². The van der Waals surface area contributed by atoms with Crippen molar-refractivity contribution in [3.8, 4) is 10.6 Å². The number of hydrogen-bond acceptors (Lipinski definition) is 3. The molecule has 1 aliphatic rings. The molecule has 1 saturated heterocycles. The fourth-order valence-corrected chi connectivity index (χ4v) is 4.02. The summed E-state index contributed by atoms with van der Waals surface area (Å²) in [5.41, 5.74) is 4.06. The predicted molar refractivity (Wildman–Crippen MR) is 99.9 cm³/mol. The zero-order valence-electron chi connectivity index (χ0n) is 13.8.